The molecule has 1 aliphatic heterocycles. The minimum atomic E-state index is -0.242. The van der Waals surface area contributed by atoms with Gasteiger partial charge in [0.05, 0.1) is 29.6 Å². The summed E-state index contributed by atoms with van der Waals surface area (Å²) in [6.07, 6.45) is 2.77. The van der Waals surface area contributed by atoms with Crippen molar-refractivity contribution in [1.29, 1.82) is 0 Å². The second-order valence-electron chi connectivity index (χ2n) is 7.80. The third-order valence-corrected chi connectivity index (χ3v) is 5.93. The zero-order valence-electron chi connectivity index (χ0n) is 18.1. The van der Waals surface area contributed by atoms with Gasteiger partial charge in [0.2, 0.25) is 0 Å². The van der Waals surface area contributed by atoms with E-state index in [0.717, 1.165) is 50.7 Å². The van der Waals surface area contributed by atoms with Crippen molar-refractivity contribution in [2.45, 2.75) is 13.0 Å². The molecule has 32 heavy (non-hydrogen) atoms. The first-order valence-electron chi connectivity index (χ1n) is 10.7. The lowest BCUT2D eigenvalue weighted by molar-refractivity contribution is 0.102. The van der Waals surface area contributed by atoms with Gasteiger partial charge in [-0.25, -0.2) is 4.98 Å². The van der Waals surface area contributed by atoms with Gasteiger partial charge >= 0.3 is 0 Å². The highest BCUT2D eigenvalue weighted by atomic mass is 35.5. The fraction of sp³-hybridized carbons (Fsp3) is 0.280. The molecule has 0 unspecified atom stereocenters. The van der Waals surface area contributed by atoms with E-state index < -0.39 is 0 Å². The molecule has 1 amide bonds. The van der Waals surface area contributed by atoms with Crippen molar-refractivity contribution in [2.24, 2.45) is 0 Å². The van der Waals surface area contributed by atoms with Crippen LogP contribution in [0.15, 0.2) is 66.9 Å². The number of carbonyl (C=O) groups excluding carboxylic acids is 1. The van der Waals surface area contributed by atoms with Crippen molar-refractivity contribution >= 4 is 29.0 Å². The molecule has 1 saturated heterocycles. The van der Waals surface area contributed by atoms with Crippen molar-refractivity contribution in [3.8, 4) is 5.75 Å². The predicted molar refractivity (Wildman–Crippen MR) is 129 cm³/mol. The van der Waals surface area contributed by atoms with Crippen LogP contribution in [0, 0.1) is 0 Å². The fourth-order valence-corrected chi connectivity index (χ4v) is 4.06. The number of methoxy groups -OCH3 is 1. The lowest BCUT2D eigenvalue weighted by atomic mass is 10.2. The van der Waals surface area contributed by atoms with Crippen molar-refractivity contribution in [3.63, 3.8) is 0 Å². The van der Waals surface area contributed by atoms with Gasteiger partial charge in [0.15, 0.2) is 0 Å². The number of benzene rings is 2. The summed E-state index contributed by atoms with van der Waals surface area (Å²) in [5.41, 5.74) is 2.38. The van der Waals surface area contributed by atoms with E-state index in [1.807, 2.05) is 24.3 Å². The topological polar surface area (TPSA) is 57.7 Å². The van der Waals surface area contributed by atoms with Crippen LogP contribution >= 0.6 is 11.6 Å². The molecule has 0 saturated carbocycles. The molecule has 2 heterocycles. The second kappa shape index (κ2) is 10.5. The third kappa shape index (κ3) is 5.58. The number of rotatable bonds is 6. The second-order valence-corrected chi connectivity index (χ2v) is 8.21. The van der Waals surface area contributed by atoms with Crippen molar-refractivity contribution < 1.29 is 9.53 Å². The van der Waals surface area contributed by atoms with E-state index in [4.69, 9.17) is 16.3 Å². The van der Waals surface area contributed by atoms with E-state index in [-0.39, 0.29) is 5.91 Å². The van der Waals surface area contributed by atoms with Gasteiger partial charge in [-0.2, -0.15) is 0 Å². The van der Waals surface area contributed by atoms with E-state index in [2.05, 4.69) is 32.2 Å². The molecule has 7 heteroatoms. The lowest BCUT2D eigenvalue weighted by Gasteiger charge is -2.23. The highest BCUT2D eigenvalue weighted by molar-refractivity contribution is 6.34. The Kier molecular flexibility index (Phi) is 7.24. The van der Waals surface area contributed by atoms with Crippen LogP contribution in [0.25, 0.3) is 0 Å². The van der Waals surface area contributed by atoms with Gasteiger partial charge in [0.1, 0.15) is 11.6 Å². The highest BCUT2D eigenvalue weighted by Gasteiger charge is 2.17. The first kappa shape index (κ1) is 22.1. The molecule has 2 aromatic carbocycles. The number of aromatic nitrogens is 1. The number of ether oxygens (including phenoxy) is 1. The first-order valence-corrected chi connectivity index (χ1v) is 11.1. The van der Waals surface area contributed by atoms with E-state index >= 15 is 0 Å². The summed E-state index contributed by atoms with van der Waals surface area (Å²) < 4.78 is 5.24. The maximum atomic E-state index is 12.4. The van der Waals surface area contributed by atoms with Crippen LogP contribution in [0.5, 0.6) is 5.75 Å². The summed E-state index contributed by atoms with van der Waals surface area (Å²) in [5.74, 6) is 1.56. The number of nitrogens with one attached hydrogen (secondary N) is 1. The molecule has 0 aliphatic carbocycles. The van der Waals surface area contributed by atoms with E-state index in [1.165, 1.54) is 5.56 Å². The minimum Gasteiger partial charge on any atom is -0.497 e. The van der Waals surface area contributed by atoms with Gasteiger partial charge in [-0.15, -0.1) is 0 Å². The average Bonchev–Trinajstić information content (AvgIpc) is 3.06. The Labute approximate surface area is 193 Å². The summed E-state index contributed by atoms with van der Waals surface area (Å²) >= 11 is 6.11. The van der Waals surface area contributed by atoms with Crippen LogP contribution in [-0.2, 0) is 6.54 Å². The number of hydrogen-bond donors (Lipinski definition) is 1. The Morgan fingerprint density at radius 3 is 2.56 bits per heavy atom. The summed E-state index contributed by atoms with van der Waals surface area (Å²) in [7, 11) is 1.69. The SMILES string of the molecule is COc1ccc(CN2CCCN(c3ccc(NC(=O)c4ccccc4Cl)cn3)CC2)cc1. The molecule has 1 fully saturated rings. The van der Waals surface area contributed by atoms with Crippen LogP contribution in [0.1, 0.15) is 22.3 Å². The standard InChI is InChI=1S/C25H27ClN4O2/c1-32-21-10-7-19(8-11-21)18-29-13-4-14-30(16-15-29)24-12-9-20(17-27-24)28-25(31)22-5-2-3-6-23(22)26/h2-3,5-12,17H,4,13-16,18H2,1H3,(H,28,31). The normalized spacial score (nSPS) is 14.6. The smallest absolute Gasteiger partial charge is 0.257 e. The molecule has 166 valence electrons. The highest BCUT2D eigenvalue weighted by Crippen LogP contribution is 2.20. The van der Waals surface area contributed by atoms with Gasteiger partial charge in [-0.3, -0.25) is 9.69 Å². The number of carbonyl (C=O) groups is 1. The maximum Gasteiger partial charge on any atom is 0.257 e. The molecule has 0 radical (unpaired) electrons. The van der Waals surface area contributed by atoms with E-state index in [0.29, 0.717) is 16.3 Å². The molecule has 0 bridgehead atoms. The van der Waals surface area contributed by atoms with Crippen LogP contribution in [-0.4, -0.2) is 49.1 Å². The maximum absolute atomic E-state index is 12.4. The van der Waals surface area contributed by atoms with E-state index in [9.17, 15) is 4.79 Å². The Balaban J connectivity index is 1.33. The minimum absolute atomic E-state index is 0.242. The quantitative estimate of drug-likeness (QED) is 0.589. The molecule has 3 aromatic rings. The molecule has 1 aliphatic rings. The first-order chi connectivity index (χ1) is 15.6. The molecular weight excluding hydrogens is 424 g/mol. The molecular formula is C25H27ClN4O2. The van der Waals surface area contributed by atoms with Crippen molar-refractivity contribution in [2.75, 3.05) is 43.5 Å². The number of nitrogens with zero attached hydrogens (tertiary/aromatic N) is 3. The van der Waals surface area contributed by atoms with Gasteiger partial charge in [0.25, 0.3) is 5.91 Å². The predicted octanol–water partition coefficient (Wildman–Crippen LogP) is 4.71. The molecule has 1 aromatic heterocycles. The molecule has 0 spiro atoms. The molecule has 6 nitrogen and oxygen atoms in total. The van der Waals surface area contributed by atoms with E-state index in [1.54, 1.807) is 37.6 Å². The van der Waals surface area contributed by atoms with Crippen LogP contribution < -0.4 is 15.0 Å². The monoisotopic (exact) mass is 450 g/mol. The van der Waals surface area contributed by atoms with Gasteiger partial charge in [-0.05, 0) is 48.4 Å². The zero-order valence-corrected chi connectivity index (χ0v) is 18.9. The lowest BCUT2D eigenvalue weighted by Crippen LogP contribution is -2.30. The number of halogens is 1. The van der Waals surface area contributed by atoms with Gasteiger partial charge < -0.3 is 15.0 Å². The van der Waals surface area contributed by atoms with Crippen LogP contribution in [0.4, 0.5) is 11.5 Å². The number of hydrogen-bond acceptors (Lipinski definition) is 5. The summed E-state index contributed by atoms with van der Waals surface area (Å²) in [5, 5.41) is 3.29. The van der Waals surface area contributed by atoms with Crippen LogP contribution in [0.3, 0.4) is 0 Å². The molecule has 1 N–H and O–H groups in total. The number of amides is 1. The molecule has 4 rings (SSSR count). The summed E-state index contributed by atoms with van der Waals surface area (Å²) in [6, 6.07) is 19.1. The Hall–Kier alpha value is -3.09. The zero-order chi connectivity index (χ0) is 22.3. The van der Waals surface area contributed by atoms with Gasteiger partial charge in [-0.1, -0.05) is 35.9 Å². The summed E-state index contributed by atoms with van der Waals surface area (Å²) in [4.78, 5) is 21.8. The fourth-order valence-electron chi connectivity index (χ4n) is 3.84. The third-order valence-electron chi connectivity index (χ3n) is 5.60. The largest absolute Gasteiger partial charge is 0.497 e. The van der Waals surface area contributed by atoms with Gasteiger partial charge in [0, 0.05) is 32.7 Å². The molecule has 0 atom stereocenters. The number of anilines is 2. The average molecular weight is 451 g/mol. The van der Waals surface area contributed by atoms with Crippen molar-refractivity contribution in [1.82, 2.24) is 9.88 Å². The Bertz CT molecular complexity index is 1040. The Morgan fingerprint density at radius 1 is 1.03 bits per heavy atom. The Morgan fingerprint density at radius 2 is 1.84 bits per heavy atom. The number of pyridine rings is 1. The van der Waals surface area contributed by atoms with Crippen molar-refractivity contribution in [3.05, 3.63) is 83.0 Å². The summed E-state index contributed by atoms with van der Waals surface area (Å²) in [6.45, 7) is 4.82. The van der Waals surface area contributed by atoms with Crippen LogP contribution in [0.2, 0.25) is 5.02 Å².